The summed E-state index contributed by atoms with van der Waals surface area (Å²) in [5.41, 5.74) is 1.40. The molecule has 156 valence electrons. The fourth-order valence-electron chi connectivity index (χ4n) is 2.58. The number of imide groups is 1. The molecule has 8 nitrogen and oxygen atoms in total. The van der Waals surface area contributed by atoms with E-state index in [9.17, 15) is 14.4 Å². The van der Waals surface area contributed by atoms with E-state index in [-0.39, 0.29) is 6.61 Å². The zero-order chi connectivity index (χ0) is 21.7. The average molecular weight is 446 g/mol. The minimum atomic E-state index is -0.885. The number of rotatable bonds is 6. The van der Waals surface area contributed by atoms with E-state index in [1.54, 1.807) is 42.5 Å². The number of benzene rings is 1. The SMILES string of the molecule is CCOC(=O)NC(=O)COC(=O)c1ccccc1Sc1ncnc2sc(C)c(C)c12. The van der Waals surface area contributed by atoms with Gasteiger partial charge in [-0.1, -0.05) is 23.9 Å². The number of fused-ring (bicyclic) bond motifs is 1. The van der Waals surface area contributed by atoms with Gasteiger partial charge < -0.3 is 9.47 Å². The molecule has 10 heteroatoms. The van der Waals surface area contributed by atoms with Gasteiger partial charge in [0.1, 0.15) is 16.2 Å². The summed E-state index contributed by atoms with van der Waals surface area (Å²) >= 11 is 2.93. The molecule has 0 saturated carbocycles. The zero-order valence-electron chi connectivity index (χ0n) is 16.6. The normalized spacial score (nSPS) is 10.6. The highest BCUT2D eigenvalue weighted by Crippen LogP contribution is 2.38. The van der Waals surface area contributed by atoms with Gasteiger partial charge in [0, 0.05) is 15.2 Å². The molecule has 0 bridgehead atoms. The molecule has 30 heavy (non-hydrogen) atoms. The van der Waals surface area contributed by atoms with Crippen molar-refractivity contribution in [3.05, 3.63) is 46.6 Å². The van der Waals surface area contributed by atoms with Crippen LogP contribution in [0.25, 0.3) is 10.2 Å². The molecule has 0 radical (unpaired) electrons. The summed E-state index contributed by atoms with van der Waals surface area (Å²) < 4.78 is 9.67. The van der Waals surface area contributed by atoms with E-state index in [4.69, 9.17) is 4.74 Å². The number of alkyl carbamates (subject to hydrolysis) is 1. The topological polar surface area (TPSA) is 107 Å². The van der Waals surface area contributed by atoms with Gasteiger partial charge in [-0.3, -0.25) is 10.1 Å². The number of carbonyl (C=O) groups excluding carboxylic acids is 3. The molecule has 1 aromatic carbocycles. The van der Waals surface area contributed by atoms with Crippen LogP contribution in [0.1, 0.15) is 27.7 Å². The summed E-state index contributed by atoms with van der Waals surface area (Å²) in [6.07, 6.45) is 0.615. The van der Waals surface area contributed by atoms with Gasteiger partial charge in [0.2, 0.25) is 0 Å². The van der Waals surface area contributed by atoms with Crippen LogP contribution in [0.2, 0.25) is 0 Å². The lowest BCUT2D eigenvalue weighted by Crippen LogP contribution is -2.34. The van der Waals surface area contributed by atoms with Crippen LogP contribution in [0.4, 0.5) is 4.79 Å². The number of aryl methyl sites for hydroxylation is 2. The van der Waals surface area contributed by atoms with Crippen LogP contribution in [0.15, 0.2) is 40.5 Å². The first-order valence-corrected chi connectivity index (χ1v) is 10.6. The third-order valence-electron chi connectivity index (χ3n) is 4.10. The third kappa shape index (κ3) is 4.95. The summed E-state index contributed by atoms with van der Waals surface area (Å²) in [5.74, 6) is -1.45. The van der Waals surface area contributed by atoms with Gasteiger partial charge in [0.05, 0.1) is 12.2 Å². The molecule has 2 aromatic heterocycles. The first-order chi connectivity index (χ1) is 14.4. The number of hydrogen-bond donors (Lipinski definition) is 1. The number of amides is 2. The van der Waals surface area contributed by atoms with Gasteiger partial charge in [-0.15, -0.1) is 11.3 Å². The van der Waals surface area contributed by atoms with E-state index in [1.165, 1.54) is 18.1 Å². The van der Waals surface area contributed by atoms with Gasteiger partial charge in [-0.2, -0.15) is 0 Å². The lowest BCUT2D eigenvalue weighted by molar-refractivity contribution is -0.123. The fourth-order valence-corrected chi connectivity index (χ4v) is 4.71. The Labute approximate surface area is 181 Å². The maximum atomic E-state index is 12.5. The number of nitrogens with zero attached hydrogens (tertiary/aromatic N) is 2. The summed E-state index contributed by atoms with van der Waals surface area (Å²) in [4.78, 5) is 46.9. The fraction of sp³-hybridized carbons (Fsp3) is 0.250. The van der Waals surface area contributed by atoms with Crippen molar-refractivity contribution < 1.29 is 23.9 Å². The van der Waals surface area contributed by atoms with E-state index in [0.717, 1.165) is 25.7 Å². The molecule has 0 aliphatic carbocycles. The summed E-state index contributed by atoms with van der Waals surface area (Å²) in [6.45, 7) is 5.19. The highest BCUT2D eigenvalue weighted by Gasteiger charge is 2.19. The van der Waals surface area contributed by atoms with Gasteiger partial charge in [-0.25, -0.2) is 19.6 Å². The number of aromatic nitrogens is 2. The molecule has 0 atom stereocenters. The van der Waals surface area contributed by atoms with Crippen LogP contribution >= 0.6 is 23.1 Å². The minimum Gasteiger partial charge on any atom is -0.452 e. The molecule has 0 fully saturated rings. The highest BCUT2D eigenvalue weighted by molar-refractivity contribution is 7.99. The maximum Gasteiger partial charge on any atom is 0.413 e. The second-order valence-electron chi connectivity index (χ2n) is 6.09. The van der Waals surface area contributed by atoms with Crippen molar-refractivity contribution in [3.63, 3.8) is 0 Å². The monoisotopic (exact) mass is 445 g/mol. The van der Waals surface area contributed by atoms with Crippen molar-refractivity contribution in [3.8, 4) is 0 Å². The molecule has 3 aromatic rings. The van der Waals surface area contributed by atoms with E-state index >= 15 is 0 Å². The molecular weight excluding hydrogens is 426 g/mol. The summed E-state index contributed by atoms with van der Waals surface area (Å²) in [7, 11) is 0. The van der Waals surface area contributed by atoms with Crippen LogP contribution in [-0.2, 0) is 14.3 Å². The molecule has 0 aliphatic heterocycles. The van der Waals surface area contributed by atoms with Crippen molar-refractivity contribution in [2.24, 2.45) is 0 Å². The Morgan fingerprint density at radius 2 is 1.90 bits per heavy atom. The van der Waals surface area contributed by atoms with Crippen molar-refractivity contribution >= 4 is 51.3 Å². The third-order valence-corrected chi connectivity index (χ3v) is 6.29. The lowest BCUT2D eigenvalue weighted by atomic mass is 10.2. The Morgan fingerprint density at radius 3 is 2.67 bits per heavy atom. The molecule has 0 saturated heterocycles. The summed E-state index contributed by atoms with van der Waals surface area (Å²) in [6, 6.07) is 6.89. The number of carbonyl (C=O) groups is 3. The highest BCUT2D eigenvalue weighted by atomic mass is 32.2. The number of ether oxygens (including phenoxy) is 2. The summed E-state index contributed by atoms with van der Waals surface area (Å²) in [5, 5.41) is 3.67. The lowest BCUT2D eigenvalue weighted by Gasteiger charge is -2.10. The Bertz CT molecular complexity index is 1110. The van der Waals surface area contributed by atoms with E-state index < -0.39 is 24.6 Å². The van der Waals surface area contributed by atoms with Gasteiger partial charge in [-0.05, 0) is 38.5 Å². The Balaban J connectivity index is 1.76. The van der Waals surface area contributed by atoms with Crippen LogP contribution in [0.5, 0.6) is 0 Å². The van der Waals surface area contributed by atoms with Crippen LogP contribution in [0, 0.1) is 13.8 Å². The first-order valence-electron chi connectivity index (χ1n) is 9.02. The van der Waals surface area contributed by atoms with Crippen molar-refractivity contribution in [1.82, 2.24) is 15.3 Å². The number of nitrogens with one attached hydrogen (secondary N) is 1. The number of thiophene rings is 1. The standard InChI is InChI=1S/C20H19N3O5S2/c1-4-27-20(26)23-15(24)9-28-19(25)13-7-5-6-8-14(13)30-18-16-11(2)12(3)29-17(16)21-10-22-18/h5-8,10H,4,9H2,1-3H3,(H,23,24,26). The second-order valence-corrected chi connectivity index (χ2v) is 8.32. The van der Waals surface area contributed by atoms with E-state index in [1.807, 2.05) is 19.2 Å². The zero-order valence-corrected chi connectivity index (χ0v) is 18.2. The molecule has 0 unspecified atom stereocenters. The molecule has 2 heterocycles. The molecule has 3 rings (SSSR count). The largest absolute Gasteiger partial charge is 0.452 e. The maximum absolute atomic E-state index is 12.5. The van der Waals surface area contributed by atoms with Crippen LogP contribution in [-0.4, -0.2) is 41.2 Å². The number of esters is 1. The van der Waals surface area contributed by atoms with Crippen LogP contribution < -0.4 is 5.32 Å². The first kappa shape index (κ1) is 21.7. The van der Waals surface area contributed by atoms with Gasteiger partial charge >= 0.3 is 12.1 Å². The molecule has 2 amide bonds. The molecular formula is C20H19N3O5S2. The molecule has 0 aliphatic rings. The smallest absolute Gasteiger partial charge is 0.413 e. The Kier molecular flexibility index (Phi) is 7.01. The van der Waals surface area contributed by atoms with E-state index in [2.05, 4.69) is 14.7 Å². The second kappa shape index (κ2) is 9.68. The van der Waals surface area contributed by atoms with Gasteiger partial charge in [0.25, 0.3) is 5.91 Å². The predicted octanol–water partition coefficient (Wildman–Crippen LogP) is 3.89. The Hall–Kier alpha value is -2.98. The molecule has 0 spiro atoms. The van der Waals surface area contributed by atoms with E-state index in [0.29, 0.717) is 10.5 Å². The molecule has 1 N–H and O–H groups in total. The van der Waals surface area contributed by atoms with Gasteiger partial charge in [0.15, 0.2) is 6.61 Å². The average Bonchev–Trinajstić information content (AvgIpc) is 3.01. The van der Waals surface area contributed by atoms with Crippen molar-refractivity contribution in [1.29, 1.82) is 0 Å². The van der Waals surface area contributed by atoms with Crippen LogP contribution in [0.3, 0.4) is 0 Å². The van der Waals surface area contributed by atoms with Crippen molar-refractivity contribution in [2.75, 3.05) is 13.2 Å². The quantitative estimate of drug-likeness (QED) is 0.450. The van der Waals surface area contributed by atoms with Crippen molar-refractivity contribution in [2.45, 2.75) is 30.7 Å². The minimum absolute atomic E-state index is 0.128. The number of hydrogen-bond acceptors (Lipinski definition) is 9. The predicted molar refractivity (Wildman–Crippen MR) is 113 cm³/mol. The Morgan fingerprint density at radius 1 is 1.13 bits per heavy atom.